The van der Waals surface area contributed by atoms with Crippen LogP contribution in [0.15, 0.2) is 0 Å². The van der Waals surface area contributed by atoms with Crippen molar-refractivity contribution in [2.75, 3.05) is 12.6 Å². The molecular formula is C14H21F6NO4P2. The standard InChI is InChI=1S/C14H21F6NO4P2/c15-13(16,17)26(22,23)7-21(8-27(24,25)14(18,19)20)12-4-9-1-10(5-12)3-11(2-9)6-12/h9-11H,1-8H2,(H,22,23)(H,24,25). The number of hydrogen-bond donors (Lipinski definition) is 2. The first kappa shape index (κ1) is 21.6. The zero-order valence-corrected chi connectivity index (χ0v) is 16.0. The van der Waals surface area contributed by atoms with Crippen molar-refractivity contribution < 1.29 is 45.3 Å². The molecule has 2 N–H and O–H groups in total. The quantitative estimate of drug-likeness (QED) is 0.474. The van der Waals surface area contributed by atoms with Gasteiger partial charge in [0.2, 0.25) is 0 Å². The zero-order valence-electron chi connectivity index (χ0n) is 14.2. The van der Waals surface area contributed by atoms with Crippen LogP contribution in [0.4, 0.5) is 26.3 Å². The van der Waals surface area contributed by atoms with Crippen molar-refractivity contribution in [1.29, 1.82) is 0 Å². The van der Waals surface area contributed by atoms with Crippen LogP contribution >= 0.6 is 14.7 Å². The third-order valence-corrected chi connectivity index (χ3v) is 9.23. The van der Waals surface area contributed by atoms with Crippen molar-refractivity contribution in [3.63, 3.8) is 0 Å². The van der Waals surface area contributed by atoms with E-state index in [1.165, 1.54) is 0 Å². The van der Waals surface area contributed by atoms with Crippen LogP contribution in [-0.4, -0.2) is 44.6 Å². The van der Waals surface area contributed by atoms with Crippen molar-refractivity contribution in [2.45, 2.75) is 55.9 Å². The first-order valence-electron chi connectivity index (χ1n) is 8.57. The third kappa shape index (κ3) is 4.00. The molecule has 4 saturated carbocycles. The van der Waals surface area contributed by atoms with Crippen LogP contribution in [0, 0.1) is 17.8 Å². The number of alkyl halides is 6. The molecule has 27 heavy (non-hydrogen) atoms. The maximum atomic E-state index is 12.9. The van der Waals surface area contributed by atoms with Gasteiger partial charge >= 0.3 is 26.6 Å². The van der Waals surface area contributed by atoms with Crippen molar-refractivity contribution >= 4 is 14.7 Å². The molecule has 0 aromatic carbocycles. The first-order chi connectivity index (χ1) is 12.0. The Morgan fingerprint density at radius 1 is 0.778 bits per heavy atom. The Morgan fingerprint density at radius 2 is 1.07 bits per heavy atom. The van der Waals surface area contributed by atoms with E-state index in [9.17, 15) is 45.3 Å². The molecule has 4 bridgehead atoms. The highest BCUT2D eigenvalue weighted by Crippen LogP contribution is 2.66. The average molecular weight is 443 g/mol. The van der Waals surface area contributed by atoms with Crippen LogP contribution in [0.2, 0.25) is 0 Å². The summed E-state index contributed by atoms with van der Waals surface area (Å²) in [5.41, 5.74) is -1.16. The fraction of sp³-hybridized carbons (Fsp3) is 1.00. The summed E-state index contributed by atoms with van der Waals surface area (Å²) >= 11 is 0. The summed E-state index contributed by atoms with van der Waals surface area (Å²) in [4.78, 5) is 19.5. The number of hydrogen-bond acceptors (Lipinski definition) is 3. The Balaban J connectivity index is 1.96. The van der Waals surface area contributed by atoms with Crippen molar-refractivity contribution in [2.24, 2.45) is 17.8 Å². The number of halogens is 6. The van der Waals surface area contributed by atoms with E-state index in [-0.39, 0.29) is 37.0 Å². The minimum absolute atomic E-state index is 0.117. The largest absolute Gasteiger partial charge is 0.466 e. The molecule has 0 aromatic heterocycles. The molecule has 0 saturated heterocycles. The highest BCUT2D eigenvalue weighted by molar-refractivity contribution is 7.59. The van der Waals surface area contributed by atoms with Gasteiger partial charge in [-0.2, -0.15) is 26.3 Å². The molecule has 4 fully saturated rings. The van der Waals surface area contributed by atoms with E-state index in [0.29, 0.717) is 4.90 Å². The monoisotopic (exact) mass is 443 g/mol. The Hall–Kier alpha value is -0.0800. The molecular weight excluding hydrogens is 422 g/mol. The second-order valence-corrected chi connectivity index (χ2v) is 12.7. The molecule has 0 amide bonds. The van der Waals surface area contributed by atoms with E-state index in [1.807, 2.05) is 0 Å². The van der Waals surface area contributed by atoms with Gasteiger partial charge in [0.1, 0.15) is 0 Å². The summed E-state index contributed by atoms with van der Waals surface area (Å²) in [6.07, 6.45) is 0.169. The van der Waals surface area contributed by atoms with Crippen LogP contribution in [0.25, 0.3) is 0 Å². The molecule has 0 heterocycles. The first-order valence-corrected chi connectivity index (χ1v) is 12.3. The number of nitrogens with zero attached hydrogens (tertiary/aromatic N) is 1. The second kappa shape index (κ2) is 6.46. The summed E-state index contributed by atoms with van der Waals surface area (Å²) in [7, 11) is -11.7. The van der Waals surface area contributed by atoms with Gasteiger partial charge in [-0.3, -0.25) is 14.0 Å². The summed E-state index contributed by atoms with van der Waals surface area (Å²) in [5.74, 6) is -10.7. The fourth-order valence-electron chi connectivity index (χ4n) is 5.42. The lowest BCUT2D eigenvalue weighted by atomic mass is 9.52. The molecule has 0 radical (unpaired) electrons. The van der Waals surface area contributed by atoms with Gasteiger partial charge < -0.3 is 9.79 Å². The normalized spacial score (nSPS) is 38.0. The lowest BCUT2D eigenvalue weighted by molar-refractivity contribution is -0.0892. The topological polar surface area (TPSA) is 77.8 Å². The summed E-state index contributed by atoms with van der Waals surface area (Å²) in [6, 6.07) is 0. The van der Waals surface area contributed by atoms with E-state index < -0.39 is 44.7 Å². The maximum absolute atomic E-state index is 12.9. The van der Waals surface area contributed by atoms with E-state index in [2.05, 4.69) is 0 Å². The lowest BCUT2D eigenvalue weighted by Crippen LogP contribution is -2.60. The maximum Gasteiger partial charge on any atom is 0.466 e. The van der Waals surface area contributed by atoms with E-state index in [0.717, 1.165) is 19.3 Å². The highest BCUT2D eigenvalue weighted by Gasteiger charge is 2.61. The lowest BCUT2D eigenvalue weighted by Gasteiger charge is -2.60. The molecule has 2 atom stereocenters. The van der Waals surface area contributed by atoms with Crippen LogP contribution in [0.5, 0.6) is 0 Å². The van der Waals surface area contributed by atoms with Gasteiger partial charge in [0, 0.05) is 5.54 Å². The molecule has 13 heteroatoms. The van der Waals surface area contributed by atoms with E-state index in [1.54, 1.807) is 0 Å². The molecule has 4 aliphatic carbocycles. The smallest absolute Gasteiger partial charge is 0.337 e. The molecule has 0 spiro atoms. The van der Waals surface area contributed by atoms with E-state index >= 15 is 0 Å². The number of rotatable bonds is 5. The average Bonchev–Trinajstić information content (AvgIpc) is 2.42. The van der Waals surface area contributed by atoms with Crippen LogP contribution in [0.1, 0.15) is 38.5 Å². The predicted molar refractivity (Wildman–Crippen MR) is 84.2 cm³/mol. The third-order valence-electron chi connectivity index (χ3n) is 6.19. The van der Waals surface area contributed by atoms with Crippen LogP contribution in [-0.2, 0) is 9.13 Å². The molecule has 0 aromatic rings. The van der Waals surface area contributed by atoms with Gasteiger partial charge in [0.25, 0.3) is 0 Å². The molecule has 4 rings (SSSR count). The Kier molecular flexibility index (Phi) is 5.17. The zero-order chi connectivity index (χ0) is 20.5. The van der Waals surface area contributed by atoms with Gasteiger partial charge in [-0.1, -0.05) is 0 Å². The highest BCUT2D eigenvalue weighted by atomic mass is 31.2. The minimum Gasteiger partial charge on any atom is -0.337 e. The molecule has 0 aliphatic heterocycles. The van der Waals surface area contributed by atoms with Crippen LogP contribution < -0.4 is 0 Å². The second-order valence-electron chi connectivity index (χ2n) is 8.30. The Bertz CT molecular complexity index is 623. The summed E-state index contributed by atoms with van der Waals surface area (Å²) < 4.78 is 101. The van der Waals surface area contributed by atoms with E-state index in [4.69, 9.17) is 0 Å². The van der Waals surface area contributed by atoms with Gasteiger partial charge in [0.05, 0.1) is 12.6 Å². The van der Waals surface area contributed by atoms with Crippen LogP contribution in [0.3, 0.4) is 0 Å². The summed E-state index contributed by atoms with van der Waals surface area (Å²) in [6.45, 7) is 0. The van der Waals surface area contributed by atoms with Gasteiger partial charge in [-0.25, -0.2) is 0 Å². The molecule has 5 nitrogen and oxygen atoms in total. The summed E-state index contributed by atoms with van der Waals surface area (Å²) in [5, 5.41) is 0. The van der Waals surface area contributed by atoms with Gasteiger partial charge in [-0.15, -0.1) is 0 Å². The SMILES string of the molecule is O=P(O)(CN(CP(=O)(O)C(F)(F)F)C12CC3CC(CC(C3)C1)C2)C(F)(F)F. The minimum atomic E-state index is -5.87. The Morgan fingerprint density at radius 3 is 1.33 bits per heavy atom. The van der Waals surface area contributed by atoms with Gasteiger partial charge in [0.15, 0.2) is 0 Å². The van der Waals surface area contributed by atoms with Crippen molar-refractivity contribution in [1.82, 2.24) is 4.90 Å². The molecule has 2 unspecified atom stereocenters. The van der Waals surface area contributed by atoms with Gasteiger partial charge in [-0.05, 0) is 56.3 Å². The predicted octanol–water partition coefficient (Wildman–Crippen LogP) is 4.75. The fourth-order valence-corrected chi connectivity index (χ4v) is 7.62. The molecule has 4 aliphatic rings. The van der Waals surface area contributed by atoms with Crippen molar-refractivity contribution in [3.8, 4) is 0 Å². The van der Waals surface area contributed by atoms with Crippen molar-refractivity contribution in [3.05, 3.63) is 0 Å². The Labute approximate surface area is 152 Å². The molecule has 158 valence electrons.